The van der Waals surface area contributed by atoms with Crippen LogP contribution in [-0.4, -0.2) is 113 Å². The maximum Gasteiger partial charge on any atom is 0.263 e. The molecule has 0 spiro atoms. The second kappa shape index (κ2) is 20.3. The zero-order valence-corrected chi connectivity index (χ0v) is 40.8. The Kier molecular flexibility index (Phi) is 14.5. The van der Waals surface area contributed by atoms with Gasteiger partial charge >= 0.3 is 0 Å². The van der Waals surface area contributed by atoms with Crippen LogP contribution in [0.15, 0.2) is 59.1 Å². The molecule has 1 aliphatic carbocycles. The molecule has 15 nitrogen and oxygen atoms in total. The molecule has 1 aromatic carbocycles. The van der Waals surface area contributed by atoms with Gasteiger partial charge in [0.2, 0.25) is 11.8 Å². The molecule has 5 aromatic rings. The van der Waals surface area contributed by atoms with E-state index in [1.54, 1.807) is 40.1 Å². The first-order chi connectivity index (χ1) is 32.5. The number of aliphatic hydroxyl groups excluding tert-OH is 1. The lowest BCUT2D eigenvalue weighted by molar-refractivity contribution is -0.146. The average Bonchev–Trinajstić information content (AvgIpc) is 4.09. The molecule has 0 radical (unpaired) electrons. The number of benzene rings is 1. The van der Waals surface area contributed by atoms with Gasteiger partial charge in [-0.25, -0.2) is 15.0 Å². The molecule has 68 heavy (non-hydrogen) atoms. The molecule has 358 valence electrons. The van der Waals surface area contributed by atoms with Crippen molar-refractivity contribution in [2.24, 2.45) is 11.3 Å². The predicted octanol–water partition coefficient (Wildman–Crippen LogP) is 6.66. The number of aryl methyl sites for hydroxylation is 3. The molecule has 1 N–H and O–H groups in total. The highest BCUT2D eigenvalue weighted by Gasteiger charge is 2.44. The fourth-order valence-corrected chi connectivity index (χ4v) is 11.0. The molecule has 1 saturated carbocycles. The zero-order valence-electron chi connectivity index (χ0n) is 40.0. The molecule has 16 heteroatoms. The summed E-state index contributed by atoms with van der Waals surface area (Å²) in [5.41, 5.74) is 6.94. The van der Waals surface area contributed by atoms with E-state index < -0.39 is 23.5 Å². The number of hydrogen-bond donors (Lipinski definition) is 1. The standard InChI is InChI=1S/C52H62N8O7S/c1-31-41-28-54-45(56-49(41)60(37-9-7-8-10-37)51(67)47(31)33(3)61)23-36-16-17-38(27-53-36)57-19-21-58(22-20-57)46(65)26-39(62)24-42(52(4,5)6)50(66)59-29-40(63)25-43(59)44(64)18-13-34-11-14-35(15-12-34)48-32(2)55-30-68-48/h11-12,14-17,27-28,30,37,40,42-43,63H,7-10,13,18-26,29H2,1-6H3/t40-,42-,43+/m1/s1. The van der Waals surface area contributed by atoms with Crippen molar-refractivity contribution in [2.45, 2.75) is 124 Å². The third-order valence-electron chi connectivity index (χ3n) is 14.1. The molecule has 4 aromatic heterocycles. The number of ketones is 3. The van der Waals surface area contributed by atoms with Crippen LogP contribution >= 0.6 is 11.3 Å². The minimum atomic E-state index is -0.844. The van der Waals surface area contributed by atoms with Crippen molar-refractivity contribution in [3.8, 4) is 10.4 Å². The molecule has 3 fully saturated rings. The lowest BCUT2D eigenvalue weighted by atomic mass is 9.76. The minimum Gasteiger partial charge on any atom is -0.391 e. The van der Waals surface area contributed by atoms with Gasteiger partial charge < -0.3 is 19.8 Å². The van der Waals surface area contributed by atoms with E-state index in [4.69, 9.17) is 9.97 Å². The number of thiazole rings is 1. The van der Waals surface area contributed by atoms with Crippen molar-refractivity contribution in [3.05, 3.63) is 98.6 Å². The van der Waals surface area contributed by atoms with Gasteiger partial charge in [-0.3, -0.25) is 38.3 Å². The number of piperazine rings is 1. The fraction of sp³-hybridized carbons (Fsp3) is 0.500. The number of fused-ring (bicyclic) bond motifs is 1. The Bertz CT molecular complexity index is 2770. The third-order valence-corrected chi connectivity index (χ3v) is 15.1. The van der Waals surface area contributed by atoms with Gasteiger partial charge in [0.05, 0.1) is 58.5 Å². The van der Waals surface area contributed by atoms with Crippen LogP contribution in [0.2, 0.25) is 0 Å². The second-order valence-electron chi connectivity index (χ2n) is 19.9. The number of β-amino-alcohol motifs (C(OH)–C–C–N with tert-alkyl or cyclic N) is 1. The number of aromatic nitrogens is 5. The molecule has 3 atom stereocenters. The smallest absolute Gasteiger partial charge is 0.263 e. The van der Waals surface area contributed by atoms with Crippen LogP contribution < -0.4 is 10.5 Å². The maximum absolute atomic E-state index is 14.2. The molecular formula is C52H62N8O7S. The summed E-state index contributed by atoms with van der Waals surface area (Å²) in [6.45, 7) is 12.8. The average molecular weight is 943 g/mol. The van der Waals surface area contributed by atoms with Crippen LogP contribution in [0.25, 0.3) is 21.5 Å². The van der Waals surface area contributed by atoms with E-state index >= 15 is 0 Å². The third kappa shape index (κ3) is 10.5. The number of carbonyl (C=O) groups is 5. The number of hydrogen-bond acceptors (Lipinski definition) is 13. The van der Waals surface area contributed by atoms with Gasteiger partial charge in [-0.05, 0) is 74.3 Å². The van der Waals surface area contributed by atoms with Gasteiger partial charge in [0, 0.05) is 81.2 Å². The van der Waals surface area contributed by atoms with Crippen molar-refractivity contribution in [1.82, 2.24) is 34.3 Å². The molecule has 0 bridgehead atoms. The summed E-state index contributed by atoms with van der Waals surface area (Å²) in [6.07, 6.45) is 7.18. The van der Waals surface area contributed by atoms with E-state index in [-0.39, 0.29) is 78.6 Å². The van der Waals surface area contributed by atoms with Gasteiger partial charge in [0.15, 0.2) is 11.6 Å². The lowest BCUT2D eigenvalue weighted by Crippen LogP contribution is -2.49. The Labute approximate surface area is 401 Å². The zero-order chi connectivity index (χ0) is 48.4. The van der Waals surface area contributed by atoms with E-state index in [0.717, 1.165) is 58.8 Å². The minimum absolute atomic E-state index is 0.00739. The molecule has 8 rings (SSSR count). The van der Waals surface area contributed by atoms with Crippen LogP contribution in [0.1, 0.15) is 124 Å². The van der Waals surface area contributed by atoms with Gasteiger partial charge in [-0.2, -0.15) is 0 Å². The SMILES string of the molecule is CC(=O)c1c(C)c2cnc(Cc3ccc(N4CCN(C(=O)CC(=O)C[C@H](C(=O)N5C[C@H](O)C[C@H]5C(=O)CCc5ccc(-c6scnc6C)cc5)C(C)(C)C)CC4)cn3)nc2n(C2CCCC2)c1=O. The van der Waals surface area contributed by atoms with E-state index in [0.29, 0.717) is 61.4 Å². The summed E-state index contributed by atoms with van der Waals surface area (Å²) >= 11 is 1.58. The number of pyridine rings is 2. The predicted molar refractivity (Wildman–Crippen MR) is 261 cm³/mol. The number of carbonyl (C=O) groups excluding carboxylic acids is 5. The van der Waals surface area contributed by atoms with Gasteiger partial charge in [-0.1, -0.05) is 57.9 Å². The van der Waals surface area contributed by atoms with Crippen molar-refractivity contribution < 1.29 is 29.1 Å². The van der Waals surface area contributed by atoms with E-state index in [1.165, 1.54) is 11.8 Å². The van der Waals surface area contributed by atoms with Gasteiger partial charge in [0.25, 0.3) is 5.56 Å². The molecule has 2 amide bonds. The summed E-state index contributed by atoms with van der Waals surface area (Å²) in [4.78, 5) is 106. The van der Waals surface area contributed by atoms with Crippen LogP contribution in [0, 0.1) is 25.2 Å². The van der Waals surface area contributed by atoms with Gasteiger partial charge in [0.1, 0.15) is 17.3 Å². The van der Waals surface area contributed by atoms with E-state index in [1.807, 2.05) is 69.6 Å². The first-order valence-corrected chi connectivity index (χ1v) is 24.8. The molecule has 3 aliphatic rings. The topological polar surface area (TPSA) is 189 Å². The Morgan fingerprint density at radius 2 is 1.63 bits per heavy atom. The highest BCUT2D eigenvalue weighted by Crippen LogP contribution is 2.35. The number of rotatable bonds is 15. The monoisotopic (exact) mass is 942 g/mol. The Balaban J connectivity index is 0.838. The number of amides is 2. The van der Waals surface area contributed by atoms with Crippen LogP contribution in [0.3, 0.4) is 0 Å². The summed E-state index contributed by atoms with van der Waals surface area (Å²) in [6, 6.07) is 11.2. The van der Waals surface area contributed by atoms with Crippen molar-refractivity contribution in [2.75, 3.05) is 37.6 Å². The molecular weight excluding hydrogens is 881 g/mol. The highest BCUT2D eigenvalue weighted by molar-refractivity contribution is 7.13. The summed E-state index contributed by atoms with van der Waals surface area (Å²) in [7, 11) is 0. The number of anilines is 1. The second-order valence-corrected chi connectivity index (χ2v) is 20.8. The van der Waals surface area contributed by atoms with Crippen LogP contribution in [0.5, 0.6) is 0 Å². The van der Waals surface area contributed by atoms with Crippen LogP contribution in [0.4, 0.5) is 5.69 Å². The highest BCUT2D eigenvalue weighted by atomic mass is 32.1. The number of likely N-dealkylation sites (tertiary alicyclic amines) is 1. The van der Waals surface area contributed by atoms with E-state index in [9.17, 15) is 33.9 Å². The lowest BCUT2D eigenvalue weighted by Gasteiger charge is -2.36. The first-order valence-electron chi connectivity index (χ1n) is 23.9. The Hall–Kier alpha value is -6.00. The molecule has 2 saturated heterocycles. The summed E-state index contributed by atoms with van der Waals surface area (Å²) < 4.78 is 1.72. The van der Waals surface area contributed by atoms with Gasteiger partial charge in [-0.15, -0.1) is 11.3 Å². The fourth-order valence-electron chi connectivity index (χ4n) is 10.2. The maximum atomic E-state index is 14.2. The van der Waals surface area contributed by atoms with Crippen molar-refractivity contribution >= 4 is 57.2 Å². The number of Topliss-reactive ketones (excluding diaryl/α,β-unsaturated/α-hetero) is 3. The normalized spacial score (nSPS) is 18.4. The number of aliphatic hydroxyl groups is 1. The van der Waals surface area contributed by atoms with Crippen molar-refractivity contribution in [1.29, 1.82) is 0 Å². The summed E-state index contributed by atoms with van der Waals surface area (Å²) in [5.74, 6) is -1.60. The first kappa shape index (κ1) is 48.5. The van der Waals surface area contributed by atoms with Crippen molar-refractivity contribution in [3.63, 3.8) is 0 Å². The Morgan fingerprint density at radius 3 is 2.26 bits per heavy atom. The number of nitrogens with zero attached hydrogens (tertiary/aromatic N) is 8. The molecule has 6 heterocycles. The van der Waals surface area contributed by atoms with Crippen LogP contribution in [-0.2, 0) is 32.0 Å². The Morgan fingerprint density at radius 1 is 0.912 bits per heavy atom. The molecule has 0 unspecified atom stereocenters. The largest absolute Gasteiger partial charge is 0.391 e. The quantitative estimate of drug-likeness (QED) is 0.0870. The van der Waals surface area contributed by atoms with E-state index in [2.05, 4.69) is 14.9 Å². The molecule has 2 aliphatic heterocycles. The summed E-state index contributed by atoms with van der Waals surface area (Å²) in [5, 5.41) is 11.4.